The van der Waals surface area contributed by atoms with Crippen molar-refractivity contribution in [2.45, 2.75) is 6.18 Å². The Kier molecular flexibility index (Phi) is 3.79. The molecule has 0 amide bonds. The van der Waals surface area contributed by atoms with E-state index in [9.17, 15) is 13.2 Å². The maximum absolute atomic E-state index is 12.8. The molecule has 0 fully saturated rings. The fourth-order valence-electron chi connectivity index (χ4n) is 1.23. The molecule has 0 aliphatic rings. The van der Waals surface area contributed by atoms with Crippen LogP contribution in [0.15, 0.2) is 22.1 Å². The maximum Gasteiger partial charge on any atom is 0.418 e. The van der Waals surface area contributed by atoms with Crippen LogP contribution in [0.2, 0.25) is 5.02 Å². The Balaban J connectivity index is 2.38. The fourth-order valence-corrected chi connectivity index (χ4v) is 2.43. The summed E-state index contributed by atoms with van der Waals surface area (Å²) in [7, 11) is 0. The lowest BCUT2D eigenvalue weighted by Crippen LogP contribution is -2.08. The van der Waals surface area contributed by atoms with Gasteiger partial charge in [-0.1, -0.05) is 22.9 Å². The molecule has 3 nitrogen and oxygen atoms in total. The van der Waals surface area contributed by atoms with Gasteiger partial charge >= 0.3 is 6.18 Å². The summed E-state index contributed by atoms with van der Waals surface area (Å²) in [6, 6.07) is 3.48. The molecule has 9 heteroatoms. The lowest BCUT2D eigenvalue weighted by molar-refractivity contribution is -0.136. The number of aromatic nitrogens is 2. The number of halogens is 5. The SMILES string of the molecule is FC(F)(F)c1cc(Cl)ccc1Nc1nnc(Br)s1. The Morgan fingerprint density at radius 3 is 2.56 bits per heavy atom. The lowest BCUT2D eigenvalue weighted by atomic mass is 10.1. The van der Waals surface area contributed by atoms with Crippen molar-refractivity contribution in [3.8, 4) is 0 Å². The van der Waals surface area contributed by atoms with Gasteiger partial charge in [-0.25, -0.2) is 0 Å². The third-order valence-corrected chi connectivity index (χ3v) is 3.44. The summed E-state index contributed by atoms with van der Waals surface area (Å²) >= 11 is 9.74. The van der Waals surface area contributed by atoms with E-state index in [1.807, 2.05) is 0 Å². The van der Waals surface area contributed by atoms with Crippen molar-refractivity contribution in [1.29, 1.82) is 0 Å². The summed E-state index contributed by atoms with van der Waals surface area (Å²) in [6.07, 6.45) is -4.49. The molecule has 0 radical (unpaired) electrons. The monoisotopic (exact) mass is 357 g/mol. The topological polar surface area (TPSA) is 37.8 Å². The highest BCUT2D eigenvalue weighted by atomic mass is 79.9. The van der Waals surface area contributed by atoms with Gasteiger partial charge in [-0.3, -0.25) is 0 Å². The highest BCUT2D eigenvalue weighted by molar-refractivity contribution is 9.11. The minimum absolute atomic E-state index is 0.0197. The van der Waals surface area contributed by atoms with Crippen LogP contribution in [0.1, 0.15) is 5.56 Å². The standard InChI is InChI=1S/C9H4BrClF3N3S/c10-7-16-17-8(18-7)15-6-2-1-4(11)3-5(6)9(12,13)14/h1-3H,(H,15,17). The van der Waals surface area contributed by atoms with E-state index in [-0.39, 0.29) is 15.8 Å². The van der Waals surface area contributed by atoms with E-state index >= 15 is 0 Å². The maximum atomic E-state index is 12.8. The minimum Gasteiger partial charge on any atom is -0.330 e. The summed E-state index contributed by atoms with van der Waals surface area (Å²) in [6.45, 7) is 0. The Morgan fingerprint density at radius 2 is 2.00 bits per heavy atom. The molecule has 0 saturated carbocycles. The second-order valence-electron chi connectivity index (χ2n) is 3.17. The van der Waals surface area contributed by atoms with E-state index in [4.69, 9.17) is 11.6 Å². The van der Waals surface area contributed by atoms with Crippen molar-refractivity contribution < 1.29 is 13.2 Å². The Labute approximate surface area is 117 Å². The number of benzene rings is 1. The van der Waals surface area contributed by atoms with Crippen molar-refractivity contribution in [1.82, 2.24) is 10.2 Å². The van der Waals surface area contributed by atoms with Crippen molar-refractivity contribution in [2.75, 3.05) is 5.32 Å². The molecule has 18 heavy (non-hydrogen) atoms. The molecular weight excluding hydrogens is 355 g/mol. The van der Waals surface area contributed by atoms with Gasteiger partial charge in [0.15, 0.2) is 3.92 Å². The van der Waals surface area contributed by atoms with Crippen LogP contribution in [0, 0.1) is 0 Å². The second kappa shape index (κ2) is 5.02. The second-order valence-corrected chi connectivity index (χ2v) is 5.86. The van der Waals surface area contributed by atoms with E-state index < -0.39 is 11.7 Å². The molecule has 2 aromatic rings. The number of hydrogen-bond donors (Lipinski definition) is 1. The van der Waals surface area contributed by atoms with Gasteiger partial charge in [0.25, 0.3) is 0 Å². The summed E-state index contributed by atoms with van der Waals surface area (Å²) in [4.78, 5) is 0. The van der Waals surface area contributed by atoms with E-state index in [1.165, 1.54) is 12.1 Å². The molecule has 2 rings (SSSR count). The molecule has 1 N–H and O–H groups in total. The molecule has 0 aliphatic carbocycles. The molecule has 0 atom stereocenters. The van der Waals surface area contributed by atoms with Crippen LogP contribution < -0.4 is 5.32 Å². The van der Waals surface area contributed by atoms with E-state index in [2.05, 4.69) is 31.4 Å². The number of alkyl halides is 3. The normalized spacial score (nSPS) is 11.6. The minimum atomic E-state index is -4.49. The molecule has 1 heterocycles. The number of nitrogens with one attached hydrogen (secondary N) is 1. The third kappa shape index (κ3) is 3.12. The smallest absolute Gasteiger partial charge is 0.330 e. The number of nitrogens with zero attached hydrogens (tertiary/aromatic N) is 2. The zero-order chi connectivity index (χ0) is 13.3. The van der Waals surface area contributed by atoms with Gasteiger partial charge < -0.3 is 5.32 Å². The number of anilines is 2. The highest BCUT2D eigenvalue weighted by Gasteiger charge is 2.34. The van der Waals surface area contributed by atoms with Gasteiger partial charge in [-0.05, 0) is 34.1 Å². The predicted molar refractivity (Wildman–Crippen MR) is 67.3 cm³/mol. The quantitative estimate of drug-likeness (QED) is 0.844. The van der Waals surface area contributed by atoms with Gasteiger partial charge in [0.1, 0.15) is 0 Å². The van der Waals surface area contributed by atoms with Crippen LogP contribution in [0.3, 0.4) is 0 Å². The largest absolute Gasteiger partial charge is 0.418 e. The van der Waals surface area contributed by atoms with Crippen LogP contribution in [-0.4, -0.2) is 10.2 Å². The molecule has 96 valence electrons. The molecule has 0 bridgehead atoms. The highest BCUT2D eigenvalue weighted by Crippen LogP contribution is 2.38. The number of rotatable bonds is 2. The summed E-state index contributed by atoms with van der Waals surface area (Å²) in [5.41, 5.74) is -0.961. The average molecular weight is 359 g/mol. The number of hydrogen-bond acceptors (Lipinski definition) is 4. The molecule has 0 saturated heterocycles. The van der Waals surface area contributed by atoms with Crippen molar-refractivity contribution in [3.05, 3.63) is 32.7 Å². The molecule has 1 aromatic heterocycles. The predicted octanol–water partition coefficient (Wildman–Crippen LogP) is 4.72. The van der Waals surface area contributed by atoms with Crippen molar-refractivity contribution >= 4 is 49.7 Å². The Hall–Kier alpha value is -0.860. The molecule has 1 aromatic carbocycles. The van der Waals surface area contributed by atoms with Crippen LogP contribution >= 0.6 is 38.9 Å². The van der Waals surface area contributed by atoms with Crippen LogP contribution in [-0.2, 0) is 6.18 Å². The molecule has 0 spiro atoms. The van der Waals surface area contributed by atoms with Gasteiger partial charge in [-0.2, -0.15) is 13.2 Å². The molecule has 0 aliphatic heterocycles. The van der Waals surface area contributed by atoms with Crippen LogP contribution in [0.4, 0.5) is 24.0 Å². The van der Waals surface area contributed by atoms with E-state index in [0.717, 1.165) is 17.4 Å². The van der Waals surface area contributed by atoms with Crippen molar-refractivity contribution in [3.63, 3.8) is 0 Å². The summed E-state index contributed by atoms with van der Waals surface area (Å²) < 4.78 is 38.9. The van der Waals surface area contributed by atoms with Gasteiger partial charge in [0.2, 0.25) is 5.13 Å². The fraction of sp³-hybridized carbons (Fsp3) is 0.111. The zero-order valence-corrected chi connectivity index (χ0v) is 11.6. The van der Waals surface area contributed by atoms with Crippen LogP contribution in [0.25, 0.3) is 0 Å². The summed E-state index contributed by atoms with van der Waals surface area (Å²) in [5, 5.41) is 10.1. The van der Waals surface area contributed by atoms with E-state index in [1.54, 1.807) is 0 Å². The Bertz CT molecular complexity index is 572. The zero-order valence-electron chi connectivity index (χ0n) is 8.42. The lowest BCUT2D eigenvalue weighted by Gasteiger charge is -2.13. The van der Waals surface area contributed by atoms with Gasteiger partial charge in [0, 0.05) is 5.02 Å². The van der Waals surface area contributed by atoms with Gasteiger partial charge in [-0.15, -0.1) is 10.2 Å². The van der Waals surface area contributed by atoms with E-state index in [0.29, 0.717) is 3.92 Å². The third-order valence-electron chi connectivity index (χ3n) is 1.93. The van der Waals surface area contributed by atoms with Crippen molar-refractivity contribution in [2.24, 2.45) is 0 Å². The first kappa shape index (κ1) is 13.6. The van der Waals surface area contributed by atoms with Gasteiger partial charge in [0.05, 0.1) is 11.3 Å². The first-order valence-corrected chi connectivity index (χ1v) is 6.48. The molecular formula is C9H4BrClF3N3S. The molecule has 0 unspecified atom stereocenters. The average Bonchev–Trinajstić information content (AvgIpc) is 2.65. The van der Waals surface area contributed by atoms with Crippen LogP contribution in [0.5, 0.6) is 0 Å². The Morgan fingerprint density at radius 1 is 1.28 bits per heavy atom. The first-order chi connectivity index (χ1) is 8.36. The summed E-state index contributed by atoms with van der Waals surface area (Å²) in [5.74, 6) is 0. The first-order valence-electron chi connectivity index (χ1n) is 4.49.